The van der Waals surface area contributed by atoms with Gasteiger partial charge in [-0.3, -0.25) is 33.3 Å². The third-order valence-electron chi connectivity index (χ3n) is 6.37. The number of nitrogens with zero attached hydrogens (tertiary/aromatic N) is 1. The fourth-order valence-electron chi connectivity index (χ4n) is 4.15. The second-order valence-corrected chi connectivity index (χ2v) is 10.5. The quantitative estimate of drug-likeness (QED) is 0.0802. The minimum absolute atomic E-state index is 0.0656. The van der Waals surface area contributed by atoms with E-state index in [2.05, 4.69) is 33.9 Å². The van der Waals surface area contributed by atoms with E-state index in [1.807, 2.05) is 0 Å². The number of aromatic nitrogens is 1. The van der Waals surface area contributed by atoms with Gasteiger partial charge in [0.1, 0.15) is 5.75 Å². The molecule has 0 saturated carbocycles. The zero-order valence-corrected chi connectivity index (χ0v) is 26.8. The van der Waals surface area contributed by atoms with Crippen LogP contribution in [0.5, 0.6) is 5.75 Å². The molecule has 1 heterocycles. The van der Waals surface area contributed by atoms with E-state index >= 15 is 0 Å². The Morgan fingerprint density at radius 1 is 0.851 bits per heavy atom. The minimum atomic E-state index is -1.04. The number of benzene rings is 2. The Kier molecular flexibility index (Phi) is 13.8. The number of fused-ring (bicyclic) bond motifs is 1. The van der Waals surface area contributed by atoms with E-state index in [9.17, 15) is 33.9 Å². The number of carboxylic acid groups (broad SMARTS) is 1. The molecule has 2 aromatic carbocycles. The van der Waals surface area contributed by atoms with Crippen molar-refractivity contribution in [3.8, 4) is 5.75 Å². The van der Waals surface area contributed by atoms with Crippen LogP contribution in [-0.4, -0.2) is 70.6 Å². The summed E-state index contributed by atoms with van der Waals surface area (Å²) in [5.74, 6) is -3.05. The maximum atomic E-state index is 13.3. The molecule has 4 amide bonds. The molecule has 3 rings (SSSR count). The number of halogens is 1. The number of hydrogen-bond acceptors (Lipinski definition) is 8. The molecule has 0 aliphatic carbocycles. The minimum Gasteiger partial charge on any atom is -0.481 e. The number of nitrogens with one attached hydrogen (secondary N) is 4. The van der Waals surface area contributed by atoms with Crippen LogP contribution in [0.4, 0.5) is 0 Å². The summed E-state index contributed by atoms with van der Waals surface area (Å²) in [6.45, 7) is 0.735. The maximum absolute atomic E-state index is 13.3. The second-order valence-electron chi connectivity index (χ2n) is 9.71. The topological polar surface area (TPSA) is 185 Å². The Morgan fingerprint density at radius 2 is 1.47 bits per heavy atom. The van der Waals surface area contributed by atoms with Crippen LogP contribution in [0, 0.1) is 6.92 Å². The summed E-state index contributed by atoms with van der Waals surface area (Å²) in [5.41, 5.74) is 1.95. The van der Waals surface area contributed by atoms with Gasteiger partial charge >= 0.3 is 5.97 Å². The van der Waals surface area contributed by atoms with Crippen LogP contribution < -0.4 is 26.0 Å². The Bertz CT molecular complexity index is 1750. The van der Waals surface area contributed by atoms with E-state index in [1.54, 1.807) is 67.6 Å². The first kappa shape index (κ1) is 36.1. The molecule has 0 saturated heterocycles. The first-order valence-corrected chi connectivity index (χ1v) is 15.0. The molecule has 15 heteroatoms. The Balaban J connectivity index is 1.50. The number of aliphatic carboxylic acids is 1. The van der Waals surface area contributed by atoms with Crippen molar-refractivity contribution in [2.45, 2.75) is 13.3 Å². The summed E-state index contributed by atoms with van der Waals surface area (Å²) in [7, 11) is 0. The molecule has 0 fully saturated rings. The smallest absolute Gasteiger partial charge is 0.307 e. The van der Waals surface area contributed by atoms with Gasteiger partial charge < -0.3 is 31.1 Å². The number of carboxylic acids is 1. The van der Waals surface area contributed by atoms with Crippen molar-refractivity contribution in [1.29, 1.82) is 0 Å². The van der Waals surface area contributed by atoms with Gasteiger partial charge in [0.05, 0.1) is 43.6 Å². The number of allylic oxidation sites excluding steroid dienone is 4. The predicted molar refractivity (Wildman–Crippen MR) is 178 cm³/mol. The van der Waals surface area contributed by atoms with Gasteiger partial charge in [-0.05, 0) is 67.1 Å². The summed E-state index contributed by atoms with van der Waals surface area (Å²) in [6, 6.07) is 11.5. The van der Waals surface area contributed by atoms with Crippen molar-refractivity contribution >= 4 is 70.6 Å². The standard InChI is InChI=1S/C32H32ClN5O8S/c1-20-24(15-31(43)44)25-14-23(10-11-26(25)38(20)32(45)21-6-8-22(33)9-7-21)46-13-5-3-2-4-12-34-27(39)16-35-28(40)17-36-29(41)18-37-30(42)19-47/h2-14,47H,15-19H2,1H3,(H,34,39)(H,35,40)(H,36,41)(H,37,42)(H,43,44)/b3-2+,12-4+,13-5-. The van der Waals surface area contributed by atoms with Crippen LogP contribution in [0.3, 0.4) is 0 Å². The van der Waals surface area contributed by atoms with E-state index in [1.165, 1.54) is 23.1 Å². The maximum Gasteiger partial charge on any atom is 0.307 e. The van der Waals surface area contributed by atoms with Gasteiger partial charge in [0.15, 0.2) is 0 Å². The monoisotopic (exact) mass is 681 g/mol. The Morgan fingerprint density at radius 3 is 2.11 bits per heavy atom. The number of rotatable bonds is 15. The fourth-order valence-corrected chi connectivity index (χ4v) is 4.39. The highest BCUT2D eigenvalue weighted by Gasteiger charge is 2.22. The van der Waals surface area contributed by atoms with Gasteiger partial charge in [-0.1, -0.05) is 23.8 Å². The third kappa shape index (κ3) is 11.2. The molecule has 246 valence electrons. The van der Waals surface area contributed by atoms with Gasteiger partial charge in [0.25, 0.3) is 5.91 Å². The molecular weight excluding hydrogens is 650 g/mol. The van der Waals surface area contributed by atoms with Crippen LogP contribution in [-0.2, 0) is 30.4 Å². The zero-order chi connectivity index (χ0) is 34.3. The lowest BCUT2D eigenvalue weighted by Gasteiger charge is -2.08. The summed E-state index contributed by atoms with van der Waals surface area (Å²) in [6.07, 6.45) is 8.86. The van der Waals surface area contributed by atoms with E-state index in [4.69, 9.17) is 16.3 Å². The van der Waals surface area contributed by atoms with Crippen LogP contribution in [0.1, 0.15) is 21.6 Å². The zero-order valence-electron chi connectivity index (χ0n) is 25.1. The van der Waals surface area contributed by atoms with Gasteiger partial charge in [-0.25, -0.2) is 0 Å². The van der Waals surface area contributed by atoms with Crippen LogP contribution in [0.15, 0.2) is 79.2 Å². The summed E-state index contributed by atoms with van der Waals surface area (Å²) < 4.78 is 7.16. The predicted octanol–water partition coefficient (Wildman–Crippen LogP) is 2.28. The van der Waals surface area contributed by atoms with Crippen molar-refractivity contribution in [3.05, 3.63) is 101 Å². The van der Waals surface area contributed by atoms with E-state index in [-0.39, 0.29) is 37.7 Å². The molecule has 0 spiro atoms. The van der Waals surface area contributed by atoms with E-state index < -0.39 is 29.6 Å². The highest BCUT2D eigenvalue weighted by atomic mass is 35.5. The number of carbonyl (C=O) groups is 6. The largest absolute Gasteiger partial charge is 0.481 e. The van der Waals surface area contributed by atoms with Gasteiger partial charge in [-0.2, -0.15) is 12.6 Å². The summed E-state index contributed by atoms with van der Waals surface area (Å²) >= 11 is 9.72. The van der Waals surface area contributed by atoms with Crippen molar-refractivity contribution in [3.63, 3.8) is 0 Å². The molecule has 1 aromatic heterocycles. The molecule has 0 aliphatic rings. The van der Waals surface area contributed by atoms with E-state index in [0.29, 0.717) is 38.5 Å². The number of hydrogen-bond donors (Lipinski definition) is 6. The van der Waals surface area contributed by atoms with Gasteiger partial charge in [-0.15, -0.1) is 0 Å². The summed E-state index contributed by atoms with van der Waals surface area (Å²) in [5, 5.41) is 20.0. The number of amides is 4. The molecule has 47 heavy (non-hydrogen) atoms. The van der Waals surface area contributed by atoms with Crippen molar-refractivity contribution < 1.29 is 38.6 Å². The molecule has 0 bridgehead atoms. The highest BCUT2D eigenvalue weighted by molar-refractivity contribution is 7.81. The Labute approximate surface area is 280 Å². The molecular formula is C32H32ClN5O8S. The van der Waals surface area contributed by atoms with Crippen LogP contribution >= 0.6 is 24.2 Å². The summed E-state index contributed by atoms with van der Waals surface area (Å²) in [4.78, 5) is 71.2. The Hall–Kier alpha value is -5.34. The second kappa shape index (κ2) is 18.0. The lowest BCUT2D eigenvalue weighted by Crippen LogP contribution is -2.44. The SMILES string of the molecule is Cc1c(CC(=O)O)c2cc(O\C=C/C=C/C=C/NC(=O)CNC(=O)CNC(=O)CNC(=O)CS)ccc2n1C(=O)c1ccc(Cl)cc1. The van der Waals surface area contributed by atoms with Crippen LogP contribution in [0.25, 0.3) is 10.9 Å². The third-order valence-corrected chi connectivity index (χ3v) is 6.91. The normalized spacial score (nSPS) is 11.2. The molecule has 13 nitrogen and oxygen atoms in total. The number of carbonyl (C=O) groups excluding carboxylic acids is 5. The average Bonchev–Trinajstić information content (AvgIpc) is 3.32. The molecule has 3 aromatic rings. The molecule has 5 N–H and O–H groups in total. The van der Waals surface area contributed by atoms with Crippen molar-refractivity contribution in [2.24, 2.45) is 0 Å². The lowest BCUT2D eigenvalue weighted by molar-refractivity contribution is -0.136. The van der Waals surface area contributed by atoms with Gasteiger partial charge in [0, 0.05) is 27.9 Å². The average molecular weight is 682 g/mol. The van der Waals surface area contributed by atoms with Crippen molar-refractivity contribution in [2.75, 3.05) is 25.4 Å². The molecule has 0 atom stereocenters. The highest BCUT2D eigenvalue weighted by Crippen LogP contribution is 2.31. The number of thiol groups is 1. The first-order valence-electron chi connectivity index (χ1n) is 14.0. The number of ether oxygens (including phenoxy) is 1. The van der Waals surface area contributed by atoms with Crippen LogP contribution in [0.2, 0.25) is 5.02 Å². The first-order chi connectivity index (χ1) is 22.5. The molecule has 0 unspecified atom stereocenters. The van der Waals surface area contributed by atoms with E-state index in [0.717, 1.165) is 0 Å². The van der Waals surface area contributed by atoms with Gasteiger partial charge in [0.2, 0.25) is 23.6 Å². The van der Waals surface area contributed by atoms with Crippen molar-refractivity contribution in [1.82, 2.24) is 25.8 Å². The molecule has 0 aliphatic heterocycles. The lowest BCUT2D eigenvalue weighted by atomic mass is 10.1. The fraction of sp³-hybridized carbons (Fsp3) is 0.188. The molecule has 0 radical (unpaired) electrons.